The Morgan fingerprint density at radius 3 is 2.33 bits per heavy atom. The molecular weight excluding hydrogens is 349 g/mol. The van der Waals surface area contributed by atoms with Crippen molar-refractivity contribution in [2.24, 2.45) is 0 Å². The van der Waals surface area contributed by atoms with Crippen LogP contribution in [0.5, 0.6) is 0 Å². The number of rotatable bonds is 2. The first-order chi connectivity index (χ1) is 10.6. The number of nitrogen functional groups attached to an aromatic ring is 1. The summed E-state index contributed by atoms with van der Waals surface area (Å²) < 4.78 is 0. The average Bonchev–Trinajstić information content (AvgIpc) is 2.57. The summed E-state index contributed by atoms with van der Waals surface area (Å²) in [5, 5.41) is 0. The molecule has 0 bridgehead atoms. The van der Waals surface area contributed by atoms with E-state index in [-0.39, 0.29) is 30.7 Å². The molecule has 1 aromatic heterocycles. The molecule has 0 aliphatic carbocycles. The highest BCUT2D eigenvalue weighted by atomic mass is 35.5. The first-order valence-corrected chi connectivity index (χ1v) is 7.32. The highest BCUT2D eigenvalue weighted by Crippen LogP contribution is 2.17. The van der Waals surface area contributed by atoms with Crippen molar-refractivity contribution in [1.29, 1.82) is 0 Å². The quantitative estimate of drug-likeness (QED) is 0.821. The van der Waals surface area contributed by atoms with Crippen LogP contribution in [-0.4, -0.2) is 47.0 Å². The minimum atomic E-state index is 0. The molecule has 2 N–H and O–H groups in total. The molecule has 1 fully saturated rings. The Morgan fingerprint density at radius 2 is 1.71 bits per heavy atom. The van der Waals surface area contributed by atoms with Gasteiger partial charge in [-0.05, 0) is 30.7 Å². The second-order valence-corrected chi connectivity index (χ2v) is 5.40. The number of aromatic nitrogens is 2. The fourth-order valence-corrected chi connectivity index (χ4v) is 2.60. The highest BCUT2D eigenvalue weighted by Gasteiger charge is 2.24. The molecule has 0 atom stereocenters. The van der Waals surface area contributed by atoms with Crippen molar-refractivity contribution in [3.8, 4) is 0 Å². The lowest BCUT2D eigenvalue weighted by molar-refractivity contribution is 0.0745. The van der Waals surface area contributed by atoms with E-state index in [1.54, 1.807) is 24.5 Å². The van der Waals surface area contributed by atoms with E-state index in [4.69, 9.17) is 5.73 Å². The molecule has 2 heterocycles. The number of nitrogens with two attached hydrogens (primary N) is 1. The zero-order chi connectivity index (χ0) is 15.5. The Bertz CT molecular complexity index is 675. The van der Waals surface area contributed by atoms with Gasteiger partial charge in [0.05, 0.1) is 0 Å². The lowest BCUT2D eigenvalue weighted by Crippen LogP contribution is -2.49. The molecule has 1 saturated heterocycles. The molecule has 0 spiro atoms. The van der Waals surface area contributed by atoms with Gasteiger partial charge in [-0.25, -0.2) is 9.97 Å². The van der Waals surface area contributed by atoms with Gasteiger partial charge in [-0.1, -0.05) is 6.07 Å². The molecule has 2 aromatic rings. The fourth-order valence-electron chi connectivity index (χ4n) is 2.60. The first-order valence-electron chi connectivity index (χ1n) is 7.32. The minimum absolute atomic E-state index is 0. The van der Waals surface area contributed by atoms with Gasteiger partial charge in [0.1, 0.15) is 0 Å². The van der Waals surface area contributed by atoms with Gasteiger partial charge in [-0.3, -0.25) is 4.79 Å². The maximum absolute atomic E-state index is 12.6. The zero-order valence-corrected chi connectivity index (χ0v) is 15.0. The van der Waals surface area contributed by atoms with Gasteiger partial charge >= 0.3 is 0 Å². The molecule has 6 nitrogen and oxygen atoms in total. The summed E-state index contributed by atoms with van der Waals surface area (Å²) in [6.07, 6.45) is 3.46. The van der Waals surface area contributed by atoms with Gasteiger partial charge in [-0.15, -0.1) is 24.8 Å². The van der Waals surface area contributed by atoms with Crippen LogP contribution in [0.15, 0.2) is 36.7 Å². The molecule has 0 unspecified atom stereocenters. The third kappa shape index (κ3) is 4.27. The number of hydrogen-bond donors (Lipinski definition) is 1. The number of carbonyl (C=O) groups is 1. The fraction of sp³-hybridized carbons (Fsp3) is 0.312. The number of benzene rings is 1. The van der Waals surface area contributed by atoms with E-state index in [2.05, 4.69) is 14.9 Å². The molecule has 130 valence electrons. The van der Waals surface area contributed by atoms with Crippen LogP contribution < -0.4 is 10.6 Å². The second-order valence-electron chi connectivity index (χ2n) is 5.40. The Kier molecular flexibility index (Phi) is 7.25. The smallest absolute Gasteiger partial charge is 0.254 e. The lowest BCUT2D eigenvalue weighted by Gasteiger charge is -2.35. The van der Waals surface area contributed by atoms with Gasteiger partial charge in [-0.2, -0.15) is 0 Å². The summed E-state index contributed by atoms with van der Waals surface area (Å²) >= 11 is 0. The van der Waals surface area contributed by atoms with Crippen LogP contribution >= 0.6 is 24.8 Å². The molecule has 0 radical (unpaired) electrons. The number of nitrogens with zero attached hydrogens (tertiary/aromatic N) is 4. The van der Waals surface area contributed by atoms with E-state index >= 15 is 0 Å². The van der Waals surface area contributed by atoms with E-state index in [1.165, 1.54) is 0 Å². The van der Waals surface area contributed by atoms with Crippen LogP contribution in [0.1, 0.15) is 15.9 Å². The molecule has 3 rings (SSSR count). The van der Waals surface area contributed by atoms with E-state index in [1.807, 2.05) is 24.0 Å². The van der Waals surface area contributed by atoms with Crippen LogP contribution in [0.3, 0.4) is 0 Å². The van der Waals surface area contributed by atoms with Gasteiger partial charge in [0.15, 0.2) is 0 Å². The van der Waals surface area contributed by atoms with E-state index in [0.29, 0.717) is 24.3 Å². The minimum Gasteiger partial charge on any atom is -0.399 e. The van der Waals surface area contributed by atoms with Gasteiger partial charge in [0.2, 0.25) is 5.95 Å². The number of aryl methyl sites for hydroxylation is 1. The average molecular weight is 370 g/mol. The summed E-state index contributed by atoms with van der Waals surface area (Å²) in [4.78, 5) is 25.1. The number of anilines is 2. The van der Waals surface area contributed by atoms with Crippen molar-refractivity contribution < 1.29 is 4.79 Å². The standard InChI is InChI=1S/C16H19N5O.2ClH/c1-12-3-4-13(17)11-14(12)15(22)20-7-9-21(10-8-20)16-18-5-2-6-19-16;;/h2-6,11H,7-10,17H2,1H3;2*1H. The number of carbonyl (C=O) groups excluding carboxylic acids is 1. The van der Waals surface area contributed by atoms with Crippen molar-refractivity contribution in [1.82, 2.24) is 14.9 Å². The Labute approximate surface area is 153 Å². The van der Waals surface area contributed by atoms with Crippen molar-refractivity contribution in [2.45, 2.75) is 6.92 Å². The predicted octanol–water partition coefficient (Wildman–Crippen LogP) is 2.17. The van der Waals surface area contributed by atoms with Gasteiger partial charge in [0, 0.05) is 49.8 Å². The highest BCUT2D eigenvalue weighted by molar-refractivity contribution is 5.96. The topological polar surface area (TPSA) is 75.4 Å². The summed E-state index contributed by atoms with van der Waals surface area (Å²) in [6.45, 7) is 4.71. The molecule has 1 amide bonds. The Morgan fingerprint density at radius 1 is 1.08 bits per heavy atom. The summed E-state index contributed by atoms with van der Waals surface area (Å²) in [5.41, 5.74) is 8.05. The van der Waals surface area contributed by atoms with E-state index in [9.17, 15) is 4.79 Å². The van der Waals surface area contributed by atoms with Crippen LogP contribution in [0.2, 0.25) is 0 Å². The summed E-state index contributed by atoms with van der Waals surface area (Å²) in [6, 6.07) is 7.25. The number of halogens is 2. The SMILES string of the molecule is Cc1ccc(N)cc1C(=O)N1CCN(c2ncccn2)CC1.Cl.Cl. The monoisotopic (exact) mass is 369 g/mol. The third-order valence-corrected chi connectivity index (χ3v) is 3.89. The normalized spacial score (nSPS) is 13.7. The number of piperazine rings is 1. The third-order valence-electron chi connectivity index (χ3n) is 3.89. The van der Waals surface area contributed by atoms with Crippen molar-refractivity contribution in [3.63, 3.8) is 0 Å². The molecule has 1 aromatic carbocycles. The van der Waals surface area contributed by atoms with E-state index < -0.39 is 0 Å². The van der Waals surface area contributed by atoms with Gasteiger partial charge in [0.25, 0.3) is 5.91 Å². The van der Waals surface area contributed by atoms with Crippen LogP contribution in [0.4, 0.5) is 11.6 Å². The van der Waals surface area contributed by atoms with E-state index in [0.717, 1.165) is 24.6 Å². The molecule has 8 heteroatoms. The first kappa shape index (κ1) is 20.0. The molecule has 1 aliphatic rings. The second kappa shape index (κ2) is 8.70. The van der Waals surface area contributed by atoms with Crippen LogP contribution in [0.25, 0.3) is 0 Å². The number of amides is 1. The van der Waals surface area contributed by atoms with Crippen LogP contribution in [-0.2, 0) is 0 Å². The Hall–Kier alpha value is -2.05. The maximum Gasteiger partial charge on any atom is 0.254 e. The van der Waals surface area contributed by atoms with Crippen LogP contribution in [0, 0.1) is 6.92 Å². The molecule has 1 aliphatic heterocycles. The molecule has 24 heavy (non-hydrogen) atoms. The zero-order valence-electron chi connectivity index (χ0n) is 13.4. The number of hydrogen-bond acceptors (Lipinski definition) is 5. The Balaban J connectivity index is 0.00000144. The summed E-state index contributed by atoms with van der Waals surface area (Å²) in [7, 11) is 0. The lowest BCUT2D eigenvalue weighted by atomic mass is 10.1. The molecule has 0 saturated carbocycles. The summed E-state index contributed by atoms with van der Waals surface area (Å²) in [5.74, 6) is 0.758. The van der Waals surface area contributed by atoms with Crippen molar-refractivity contribution in [2.75, 3.05) is 36.8 Å². The maximum atomic E-state index is 12.6. The van der Waals surface area contributed by atoms with Gasteiger partial charge < -0.3 is 15.5 Å². The van der Waals surface area contributed by atoms with Crippen molar-refractivity contribution >= 4 is 42.4 Å². The van der Waals surface area contributed by atoms with Crippen molar-refractivity contribution in [3.05, 3.63) is 47.8 Å². The largest absolute Gasteiger partial charge is 0.399 e. The molecular formula is C16H21Cl2N5O. The predicted molar refractivity (Wildman–Crippen MR) is 100 cm³/mol.